The van der Waals surface area contributed by atoms with E-state index < -0.39 is 7.37 Å². The summed E-state index contributed by atoms with van der Waals surface area (Å²) in [4.78, 5) is 15.2. The molecule has 0 aliphatic carbocycles. The number of ether oxygens (including phenoxy) is 2. The van der Waals surface area contributed by atoms with Crippen molar-refractivity contribution in [1.82, 2.24) is 4.98 Å². The number of hydrogen-bond donors (Lipinski definition) is 3. The molecule has 0 spiro atoms. The summed E-state index contributed by atoms with van der Waals surface area (Å²) >= 11 is 0. The molecule has 1 unspecified atom stereocenters. The van der Waals surface area contributed by atoms with Crippen molar-refractivity contribution >= 4 is 45.9 Å². The van der Waals surface area contributed by atoms with Crippen molar-refractivity contribution < 1.29 is 18.9 Å². The predicted octanol–water partition coefficient (Wildman–Crippen LogP) is 5.58. The Bertz CT molecular complexity index is 1590. The smallest absolute Gasteiger partial charge is 0.262 e. The minimum Gasteiger partial charge on any atom is -0.496 e. The van der Waals surface area contributed by atoms with Crippen molar-refractivity contribution in [3.05, 3.63) is 103 Å². The van der Waals surface area contributed by atoms with Gasteiger partial charge in [-0.15, -0.1) is 0 Å². The summed E-state index contributed by atoms with van der Waals surface area (Å²) in [5, 5.41) is 5.61. The number of aromatic nitrogens is 1. The average Bonchev–Trinajstić information content (AvgIpc) is 2.91. The fraction of sp³-hybridized carbons (Fsp3) is 0.0357. The number of methoxy groups -OCH3 is 1. The van der Waals surface area contributed by atoms with Crippen LogP contribution in [0.3, 0.4) is 0 Å². The number of pyridine rings is 1. The fourth-order valence-electron chi connectivity index (χ4n) is 3.98. The van der Waals surface area contributed by atoms with Gasteiger partial charge in [0.15, 0.2) is 0 Å². The van der Waals surface area contributed by atoms with E-state index in [-0.39, 0.29) is 5.30 Å². The van der Waals surface area contributed by atoms with Crippen LogP contribution in [-0.2, 0) is 4.57 Å². The molecule has 0 fully saturated rings. The van der Waals surface area contributed by atoms with Crippen LogP contribution in [0.25, 0.3) is 10.8 Å². The Morgan fingerprint density at radius 1 is 0.861 bits per heavy atom. The second kappa shape index (κ2) is 9.74. The highest BCUT2D eigenvalue weighted by atomic mass is 31.2. The van der Waals surface area contributed by atoms with Gasteiger partial charge in [0.1, 0.15) is 23.1 Å². The first kappa shape index (κ1) is 23.4. The molecule has 8 heteroatoms. The molecule has 4 aromatic carbocycles. The molecule has 36 heavy (non-hydrogen) atoms. The van der Waals surface area contributed by atoms with Gasteiger partial charge in [0.2, 0.25) is 0 Å². The molecule has 180 valence electrons. The fourth-order valence-corrected chi connectivity index (χ4v) is 5.56. The Balaban J connectivity index is 1.40. The quantitative estimate of drug-likeness (QED) is 0.199. The number of hydrogen-bond acceptors (Lipinski definition) is 6. The number of nitrogen functional groups attached to an aromatic ring is 1. The highest BCUT2D eigenvalue weighted by Crippen LogP contribution is 2.42. The van der Waals surface area contributed by atoms with Crippen molar-refractivity contribution in [2.75, 3.05) is 18.2 Å². The maximum atomic E-state index is 13.2. The van der Waals surface area contributed by atoms with Crippen molar-refractivity contribution in [2.45, 2.75) is 0 Å². The highest BCUT2D eigenvalue weighted by Gasteiger charge is 2.28. The molecule has 0 saturated carbocycles. The number of nitrogens with two attached hydrogens (primary N) is 1. The van der Waals surface area contributed by atoms with Gasteiger partial charge in [0.05, 0.1) is 12.4 Å². The van der Waals surface area contributed by atoms with Crippen LogP contribution >= 0.6 is 7.37 Å². The number of fused-ring (bicyclic) bond motifs is 1. The normalized spacial score (nSPS) is 12.6. The lowest BCUT2D eigenvalue weighted by Crippen LogP contribution is -2.17. The number of nitrogens with one attached hydrogen (secondary N) is 1. The molecular formula is C28H24N3O4P. The van der Waals surface area contributed by atoms with Crippen molar-refractivity contribution in [3.63, 3.8) is 0 Å². The number of benzene rings is 4. The van der Waals surface area contributed by atoms with Crippen LogP contribution in [0.15, 0.2) is 103 Å². The lowest BCUT2D eigenvalue weighted by Gasteiger charge is -2.17. The third-order valence-electron chi connectivity index (χ3n) is 5.76. The summed E-state index contributed by atoms with van der Waals surface area (Å²) in [6.07, 6.45) is 1.64. The van der Waals surface area contributed by atoms with E-state index >= 15 is 0 Å². The van der Waals surface area contributed by atoms with Gasteiger partial charge in [0, 0.05) is 45.8 Å². The van der Waals surface area contributed by atoms with Gasteiger partial charge in [-0.2, -0.15) is 0 Å². The zero-order valence-electron chi connectivity index (χ0n) is 19.5. The van der Waals surface area contributed by atoms with E-state index in [1.54, 1.807) is 66.9 Å². The van der Waals surface area contributed by atoms with Crippen LogP contribution in [0, 0.1) is 0 Å². The van der Waals surface area contributed by atoms with Gasteiger partial charge in [-0.25, -0.2) is 4.98 Å². The molecule has 0 saturated heterocycles. The molecular weight excluding hydrogens is 473 g/mol. The molecule has 1 aromatic heterocycles. The molecule has 1 atom stereocenters. The topological polar surface area (TPSA) is 107 Å². The first-order valence-electron chi connectivity index (χ1n) is 11.2. The van der Waals surface area contributed by atoms with E-state index in [1.807, 2.05) is 36.4 Å². The summed E-state index contributed by atoms with van der Waals surface area (Å²) in [5.41, 5.74) is 7.44. The first-order chi connectivity index (χ1) is 17.5. The molecule has 0 aliphatic rings. The maximum absolute atomic E-state index is 13.2. The average molecular weight is 497 g/mol. The van der Waals surface area contributed by atoms with E-state index in [0.717, 1.165) is 10.8 Å². The SMILES string of the molecule is COc1cc(Nc2cc(Oc3ccc(N)c4ccccc34)ccn2)ccc1P(=O)(O)c1ccccc1. The Kier molecular flexibility index (Phi) is 6.34. The van der Waals surface area contributed by atoms with Crippen molar-refractivity contribution in [1.29, 1.82) is 0 Å². The predicted molar refractivity (Wildman–Crippen MR) is 144 cm³/mol. The number of nitrogens with zero attached hydrogens (tertiary/aromatic N) is 1. The van der Waals surface area contributed by atoms with E-state index in [0.29, 0.717) is 39.7 Å². The van der Waals surface area contributed by atoms with Crippen molar-refractivity contribution in [2.24, 2.45) is 0 Å². The van der Waals surface area contributed by atoms with E-state index in [9.17, 15) is 9.46 Å². The molecule has 5 aromatic rings. The standard InChI is InChI=1S/C28H24N3O4P/c1-34-26-17-19(11-14-27(26)36(32,33)21-7-3-2-4-8-21)31-28-18-20(15-16-30-28)35-25-13-12-24(29)22-9-5-6-10-23(22)25/h2-18H,29H2,1H3,(H,30,31)(H,32,33). The van der Waals surface area contributed by atoms with E-state index in [4.69, 9.17) is 15.2 Å². The Morgan fingerprint density at radius 3 is 2.39 bits per heavy atom. The largest absolute Gasteiger partial charge is 0.496 e. The molecule has 5 rings (SSSR count). The second-order valence-corrected chi connectivity index (χ2v) is 10.3. The third kappa shape index (κ3) is 4.62. The molecule has 1 heterocycles. The second-order valence-electron chi connectivity index (χ2n) is 8.10. The van der Waals surface area contributed by atoms with Crippen LogP contribution in [0.2, 0.25) is 0 Å². The highest BCUT2D eigenvalue weighted by molar-refractivity contribution is 7.73. The Morgan fingerprint density at radius 2 is 1.61 bits per heavy atom. The van der Waals surface area contributed by atoms with E-state index in [1.165, 1.54) is 7.11 Å². The lowest BCUT2D eigenvalue weighted by molar-refractivity contribution is 0.416. The minimum atomic E-state index is -3.82. The molecule has 0 radical (unpaired) electrons. The minimum absolute atomic E-state index is 0.224. The molecule has 0 bridgehead atoms. The lowest BCUT2D eigenvalue weighted by atomic mass is 10.1. The number of rotatable bonds is 7. The van der Waals surface area contributed by atoms with Gasteiger partial charge in [-0.3, -0.25) is 4.57 Å². The molecule has 0 amide bonds. The maximum Gasteiger partial charge on any atom is 0.262 e. The number of anilines is 3. The first-order valence-corrected chi connectivity index (χ1v) is 12.9. The van der Waals surface area contributed by atoms with Crippen LogP contribution in [0.5, 0.6) is 17.2 Å². The van der Waals surface area contributed by atoms with Gasteiger partial charge >= 0.3 is 0 Å². The van der Waals surface area contributed by atoms with Gasteiger partial charge in [-0.1, -0.05) is 42.5 Å². The molecule has 7 nitrogen and oxygen atoms in total. The van der Waals surface area contributed by atoms with Crippen molar-refractivity contribution in [3.8, 4) is 17.2 Å². The zero-order chi connectivity index (χ0) is 25.1. The zero-order valence-corrected chi connectivity index (χ0v) is 20.4. The summed E-state index contributed by atoms with van der Waals surface area (Å²) in [6, 6.07) is 28.5. The Hall–Kier alpha value is -4.32. The third-order valence-corrected chi connectivity index (χ3v) is 7.78. The van der Waals surface area contributed by atoms with Gasteiger partial charge < -0.3 is 25.4 Å². The monoisotopic (exact) mass is 497 g/mol. The van der Waals surface area contributed by atoms with Gasteiger partial charge in [-0.05, 0) is 42.5 Å². The van der Waals surface area contributed by atoms with Crippen LogP contribution in [0.1, 0.15) is 0 Å². The van der Waals surface area contributed by atoms with E-state index in [2.05, 4.69) is 10.3 Å². The molecule has 0 aliphatic heterocycles. The van der Waals surface area contributed by atoms with Crippen LogP contribution in [0.4, 0.5) is 17.2 Å². The molecule has 4 N–H and O–H groups in total. The van der Waals surface area contributed by atoms with Gasteiger partial charge in [0.25, 0.3) is 7.37 Å². The summed E-state index contributed by atoms with van der Waals surface area (Å²) in [5.74, 6) is 2.12. The van der Waals surface area contributed by atoms with Crippen LogP contribution < -0.4 is 31.1 Å². The summed E-state index contributed by atoms with van der Waals surface area (Å²) in [6.45, 7) is 0. The summed E-state index contributed by atoms with van der Waals surface area (Å²) < 4.78 is 24.8. The van der Waals surface area contributed by atoms with Crippen LogP contribution in [-0.4, -0.2) is 17.0 Å². The Labute approximate surface area is 208 Å². The summed E-state index contributed by atoms with van der Waals surface area (Å²) in [7, 11) is -2.35.